The van der Waals surface area contributed by atoms with Crippen molar-refractivity contribution in [1.29, 1.82) is 0 Å². The van der Waals surface area contributed by atoms with Crippen LogP contribution in [0.15, 0.2) is 370 Å². The third-order valence-electron chi connectivity index (χ3n) is 24.2. The van der Waals surface area contributed by atoms with Gasteiger partial charge in [-0.15, -0.1) is 0 Å². The second-order valence-electron chi connectivity index (χ2n) is 31.7. The highest BCUT2D eigenvalue weighted by Crippen LogP contribution is 2.57. The van der Waals surface area contributed by atoms with Gasteiger partial charge in [0.2, 0.25) is 0 Å². The molecule has 3 aromatic heterocycles. The van der Waals surface area contributed by atoms with Gasteiger partial charge >= 0.3 is 0 Å². The first kappa shape index (κ1) is 67.3. The molecule has 2 aliphatic carbocycles. The Morgan fingerprint density at radius 2 is 0.617 bits per heavy atom. The maximum atomic E-state index is 5.25. The molecule has 0 fully saturated rings. The fourth-order valence-electron chi connectivity index (χ4n) is 18.7. The lowest BCUT2D eigenvalue weighted by Crippen LogP contribution is -2.15. The smallest absolute Gasteiger partial charge is 0.164 e. The Morgan fingerprint density at radius 3 is 1.27 bits per heavy atom. The zero-order valence-corrected chi connectivity index (χ0v) is 63.8. The number of para-hydroxylation sites is 2. The predicted octanol–water partition coefficient (Wildman–Crippen LogP) is 27.7. The van der Waals surface area contributed by atoms with Crippen LogP contribution in [0.4, 0.5) is 0 Å². The molecule has 2 aliphatic rings. The molecule has 0 bridgehead atoms. The van der Waals surface area contributed by atoms with Crippen molar-refractivity contribution in [3.63, 3.8) is 0 Å². The molecule has 115 heavy (non-hydrogen) atoms. The molecule has 0 radical (unpaired) electrons. The van der Waals surface area contributed by atoms with E-state index < -0.39 is 0 Å². The number of aromatic nitrogens is 7. The predicted molar refractivity (Wildman–Crippen MR) is 478 cm³/mol. The van der Waals surface area contributed by atoms with E-state index in [1.807, 2.05) is 18.2 Å². The topological polar surface area (TPSA) is 82.3 Å². The number of hydrogen-bond acceptors (Lipinski definition) is 6. The van der Waals surface area contributed by atoms with E-state index >= 15 is 0 Å². The van der Waals surface area contributed by atoms with Gasteiger partial charge in [0.15, 0.2) is 34.9 Å². The Morgan fingerprint density at radius 1 is 0.200 bits per heavy atom. The fourth-order valence-corrected chi connectivity index (χ4v) is 18.7. The molecule has 18 aromatic carbocycles. The molecule has 3 heterocycles. The molecular formula is C108H73N7. The van der Waals surface area contributed by atoms with Crippen LogP contribution in [0.3, 0.4) is 0 Å². The first-order valence-corrected chi connectivity index (χ1v) is 39.5. The summed E-state index contributed by atoms with van der Waals surface area (Å²) in [6.07, 6.45) is 0. The van der Waals surface area contributed by atoms with Gasteiger partial charge in [0.05, 0.1) is 11.0 Å². The summed E-state index contributed by atoms with van der Waals surface area (Å²) in [4.78, 5) is 31.0. The lowest BCUT2D eigenvalue weighted by molar-refractivity contribution is 0.666. The van der Waals surface area contributed by atoms with Crippen molar-refractivity contribution in [3.05, 3.63) is 392 Å². The normalized spacial score (nSPS) is 13.0. The molecule has 0 unspecified atom stereocenters. The number of nitrogens with zero attached hydrogens (tertiary/aromatic N) is 7. The first-order chi connectivity index (χ1) is 56.5. The summed E-state index contributed by atoms with van der Waals surface area (Å²) >= 11 is 0. The summed E-state index contributed by atoms with van der Waals surface area (Å²) in [6, 6.07) is 133. The van der Waals surface area contributed by atoms with Crippen LogP contribution in [0.25, 0.3) is 205 Å². The molecule has 23 rings (SSSR count). The zero-order valence-electron chi connectivity index (χ0n) is 63.8. The third kappa shape index (κ3) is 11.2. The van der Waals surface area contributed by atoms with E-state index in [2.05, 4.69) is 384 Å². The molecular weight excluding hydrogens is 1400 g/mol. The Kier molecular flexibility index (Phi) is 15.5. The minimum absolute atomic E-state index is 0.223. The van der Waals surface area contributed by atoms with E-state index in [1.54, 1.807) is 0 Å². The van der Waals surface area contributed by atoms with Crippen molar-refractivity contribution in [2.24, 2.45) is 0 Å². The number of fused-ring (bicyclic) bond motifs is 17. The maximum Gasteiger partial charge on any atom is 0.164 e. The Labute approximate surface area is 665 Å². The molecule has 21 aromatic rings. The van der Waals surface area contributed by atoms with Gasteiger partial charge in [-0.25, -0.2) is 29.9 Å². The highest BCUT2D eigenvalue weighted by Gasteiger charge is 2.40. The monoisotopic (exact) mass is 1470 g/mol. The van der Waals surface area contributed by atoms with Crippen LogP contribution < -0.4 is 0 Å². The fraction of sp³-hybridized carbons (Fsp3) is 0.0556. The van der Waals surface area contributed by atoms with Crippen LogP contribution in [-0.2, 0) is 10.8 Å². The highest BCUT2D eigenvalue weighted by molar-refractivity contribution is 6.12. The standard InChI is InChI=1S/C56H38N4.C52H35N3/c1-56(2)49-29-26-39(40-27-30-51-48(33-40)44-19-11-12-20-50(44)60(51)43-17-7-4-8-18-43)32-47(49)45-28-25-36-22-24-42(34-46(36)52(45)56)55-58-53(37-14-5-3-6-15-37)57-54(59-55)41-23-21-35-13-9-10-16-38(35)31-41;1-52(2)46-23-11-20-42(40-19-9-17-34-14-7-8-18-39(34)40)47(46)45-29-28-41-43(48(45)52)21-10-22-44(41)51-54-49(37-26-24-32-12-3-5-15-35(32)30-37)53-50(55-51)38-27-25-33-13-4-6-16-36(33)31-38/h3-34H,1-2H3;3-31H,1-2H3. The molecule has 0 spiro atoms. The van der Waals surface area contributed by atoms with E-state index in [9.17, 15) is 0 Å². The van der Waals surface area contributed by atoms with Crippen molar-refractivity contribution in [2.45, 2.75) is 38.5 Å². The molecule has 0 saturated carbocycles. The SMILES string of the molecule is CC1(C)c2ccc(-c3ccc4c(c3)c3ccccc3n4-c3ccccc3)cc2-c2ccc3ccc(-c4nc(-c5ccccc5)nc(-c5ccc6ccccc6c5)n4)cc3c21.CC1(C)c2cccc(-c3cccc4ccccc34)c2-c2ccc3c(-c4nc(-c5ccc6ccccc6c5)nc(-c5ccc6ccccc6c5)n4)cccc3c21. The average Bonchev–Trinajstić information content (AvgIpc) is 1.56. The maximum absolute atomic E-state index is 5.25. The van der Waals surface area contributed by atoms with E-state index in [0.29, 0.717) is 34.9 Å². The van der Waals surface area contributed by atoms with E-state index in [-0.39, 0.29) is 10.8 Å². The molecule has 540 valence electrons. The van der Waals surface area contributed by atoms with Gasteiger partial charge in [-0.3, -0.25) is 0 Å². The molecule has 0 amide bonds. The van der Waals surface area contributed by atoms with Crippen LogP contribution >= 0.6 is 0 Å². The molecule has 0 atom stereocenters. The first-order valence-electron chi connectivity index (χ1n) is 39.5. The summed E-state index contributed by atoms with van der Waals surface area (Å²) in [5.41, 5.74) is 24.4. The van der Waals surface area contributed by atoms with Crippen LogP contribution in [-0.4, -0.2) is 34.5 Å². The summed E-state index contributed by atoms with van der Waals surface area (Å²) in [7, 11) is 0. The molecule has 0 N–H and O–H groups in total. The lowest BCUT2D eigenvalue weighted by atomic mass is 9.79. The van der Waals surface area contributed by atoms with Gasteiger partial charge in [0, 0.05) is 60.7 Å². The van der Waals surface area contributed by atoms with Crippen molar-refractivity contribution in [2.75, 3.05) is 0 Å². The van der Waals surface area contributed by atoms with Gasteiger partial charge in [0.1, 0.15) is 0 Å². The molecule has 7 heteroatoms. The van der Waals surface area contributed by atoms with Crippen LogP contribution in [0.1, 0.15) is 49.9 Å². The van der Waals surface area contributed by atoms with Crippen LogP contribution in [0.2, 0.25) is 0 Å². The summed E-state index contributed by atoms with van der Waals surface area (Å²) in [5.74, 6) is 3.95. The number of benzene rings is 18. The van der Waals surface area contributed by atoms with E-state index in [4.69, 9.17) is 29.9 Å². The molecule has 0 saturated heterocycles. The van der Waals surface area contributed by atoms with Gasteiger partial charge in [-0.1, -0.05) is 337 Å². The Hall–Kier alpha value is -14.7. The largest absolute Gasteiger partial charge is 0.309 e. The highest BCUT2D eigenvalue weighted by atomic mass is 15.0. The summed E-state index contributed by atoms with van der Waals surface area (Å²) in [5, 5.41) is 16.8. The van der Waals surface area contributed by atoms with Crippen LogP contribution in [0, 0.1) is 0 Å². The van der Waals surface area contributed by atoms with Crippen molar-refractivity contribution < 1.29 is 0 Å². The van der Waals surface area contributed by atoms with Gasteiger partial charge in [0.25, 0.3) is 0 Å². The molecule has 7 nitrogen and oxygen atoms in total. The zero-order chi connectivity index (χ0) is 76.6. The quantitative estimate of drug-likeness (QED) is 0.143. The third-order valence-corrected chi connectivity index (χ3v) is 24.2. The van der Waals surface area contributed by atoms with Crippen molar-refractivity contribution >= 4 is 86.4 Å². The number of hydrogen-bond donors (Lipinski definition) is 0. The Balaban J connectivity index is 0.000000140. The Bertz CT molecular complexity index is 7500. The van der Waals surface area contributed by atoms with Gasteiger partial charge < -0.3 is 4.57 Å². The van der Waals surface area contributed by atoms with E-state index in [0.717, 1.165) is 54.9 Å². The summed E-state index contributed by atoms with van der Waals surface area (Å²) in [6.45, 7) is 9.47. The van der Waals surface area contributed by atoms with Crippen molar-refractivity contribution in [1.82, 2.24) is 34.5 Å². The van der Waals surface area contributed by atoms with E-state index in [1.165, 1.54) is 137 Å². The summed E-state index contributed by atoms with van der Waals surface area (Å²) < 4.78 is 2.37. The minimum atomic E-state index is -0.227. The molecule has 0 aliphatic heterocycles. The number of rotatable bonds is 9. The van der Waals surface area contributed by atoms with Gasteiger partial charge in [-0.05, 0) is 192 Å². The van der Waals surface area contributed by atoms with Crippen molar-refractivity contribution in [3.8, 4) is 119 Å². The lowest BCUT2D eigenvalue weighted by Gasteiger charge is -2.24. The second kappa shape index (κ2) is 26.5. The van der Waals surface area contributed by atoms with Gasteiger partial charge in [-0.2, -0.15) is 0 Å². The minimum Gasteiger partial charge on any atom is -0.309 e. The average molecular weight is 1470 g/mol. The van der Waals surface area contributed by atoms with Crippen LogP contribution in [0.5, 0.6) is 0 Å². The second-order valence-corrected chi connectivity index (χ2v) is 31.7.